The van der Waals surface area contributed by atoms with Crippen LogP contribution in [0.25, 0.3) is 44.4 Å². The Hall–Kier alpha value is -6.96. The van der Waals surface area contributed by atoms with Gasteiger partial charge in [-0.2, -0.15) is 0 Å². The molecule has 6 aromatic rings. The predicted octanol–water partition coefficient (Wildman–Crippen LogP) is 7.07. The zero-order valence-corrected chi connectivity index (χ0v) is 32.2. The maximum atomic E-state index is 13.9. The molecule has 0 radical (unpaired) electrons. The van der Waals surface area contributed by atoms with Crippen LogP contribution < -0.4 is 10.6 Å². The van der Waals surface area contributed by atoms with Gasteiger partial charge in [-0.25, -0.2) is 19.6 Å². The molecule has 14 nitrogen and oxygen atoms in total. The van der Waals surface area contributed by atoms with Crippen molar-refractivity contribution in [3.8, 4) is 33.6 Å². The number of amides is 4. The molecule has 0 bridgehead atoms. The van der Waals surface area contributed by atoms with Crippen LogP contribution >= 0.6 is 0 Å². The molecule has 2 fully saturated rings. The van der Waals surface area contributed by atoms with E-state index in [4.69, 9.17) is 9.72 Å². The molecule has 3 atom stereocenters. The average Bonchev–Trinajstić information content (AvgIpc) is 4.11. The second kappa shape index (κ2) is 16.6. The van der Waals surface area contributed by atoms with Crippen LogP contribution in [0.3, 0.4) is 0 Å². The van der Waals surface area contributed by atoms with E-state index in [1.54, 1.807) is 16.0 Å². The highest BCUT2D eigenvalue weighted by Crippen LogP contribution is 2.36. The Morgan fingerprint density at radius 3 is 1.90 bits per heavy atom. The van der Waals surface area contributed by atoms with Crippen molar-refractivity contribution in [2.45, 2.75) is 43.8 Å². The molecule has 0 aliphatic carbocycles. The summed E-state index contributed by atoms with van der Waals surface area (Å²) >= 11 is 0. The molecule has 14 heteroatoms. The SMILES string of the molecule is COC(=O)NCC(=O)N1CCC[C@H]1c1ncc(-c2ccc(-c3ccc4cc(-c5cnc([C@@H]6CCCN6C(=O)[C@H](NC(=O)OC)c6ccccc6)[nH]5)ccc4c3)cc2)[nH]1. The lowest BCUT2D eigenvalue weighted by Gasteiger charge is -2.28. The van der Waals surface area contributed by atoms with Crippen molar-refractivity contribution in [1.82, 2.24) is 40.4 Å². The number of hydrogen-bond donors (Lipinski definition) is 4. The molecular formula is C44H44N8O6. The fourth-order valence-electron chi connectivity index (χ4n) is 8.00. The Morgan fingerprint density at radius 1 is 0.690 bits per heavy atom. The largest absolute Gasteiger partial charge is 0.453 e. The number of hydrogen-bond acceptors (Lipinski definition) is 8. The van der Waals surface area contributed by atoms with Gasteiger partial charge in [-0.05, 0) is 70.8 Å². The number of carbonyl (C=O) groups excluding carboxylic acids is 4. The minimum atomic E-state index is -0.880. The number of aromatic amines is 2. The van der Waals surface area contributed by atoms with Crippen LogP contribution in [0, 0.1) is 0 Å². The lowest BCUT2D eigenvalue weighted by molar-refractivity contribution is -0.134. The summed E-state index contributed by atoms with van der Waals surface area (Å²) in [6.07, 6.45) is 5.52. The Kier molecular flexibility index (Phi) is 10.9. The monoisotopic (exact) mass is 780 g/mol. The molecule has 0 spiro atoms. The molecule has 2 aliphatic heterocycles. The summed E-state index contributed by atoms with van der Waals surface area (Å²) in [6, 6.07) is 28.9. The number of alkyl carbamates (subject to hydrolysis) is 2. The Balaban J connectivity index is 0.941. The lowest BCUT2D eigenvalue weighted by Crippen LogP contribution is -2.42. The molecule has 4 heterocycles. The Labute approximate surface area is 335 Å². The van der Waals surface area contributed by atoms with E-state index in [9.17, 15) is 19.2 Å². The zero-order valence-electron chi connectivity index (χ0n) is 32.2. The van der Waals surface area contributed by atoms with Gasteiger partial charge in [0.2, 0.25) is 5.91 Å². The number of rotatable bonds is 10. The second-order valence-corrected chi connectivity index (χ2v) is 14.5. The van der Waals surface area contributed by atoms with Crippen molar-refractivity contribution >= 4 is 34.8 Å². The number of nitrogens with zero attached hydrogens (tertiary/aromatic N) is 4. The maximum Gasteiger partial charge on any atom is 0.407 e. The number of benzene rings is 4. The molecule has 8 rings (SSSR count). The van der Waals surface area contributed by atoms with Crippen molar-refractivity contribution in [3.63, 3.8) is 0 Å². The van der Waals surface area contributed by atoms with Crippen LogP contribution in [0.4, 0.5) is 9.59 Å². The van der Waals surface area contributed by atoms with Gasteiger partial charge in [0.15, 0.2) is 0 Å². The van der Waals surface area contributed by atoms with E-state index in [2.05, 4.69) is 91.0 Å². The quantitative estimate of drug-likeness (QED) is 0.114. The Morgan fingerprint density at radius 2 is 1.24 bits per heavy atom. The molecule has 2 saturated heterocycles. The van der Waals surface area contributed by atoms with Gasteiger partial charge in [0, 0.05) is 18.7 Å². The smallest absolute Gasteiger partial charge is 0.407 e. The number of ether oxygens (including phenoxy) is 2. The molecule has 296 valence electrons. The molecular weight excluding hydrogens is 737 g/mol. The van der Waals surface area contributed by atoms with E-state index in [1.165, 1.54) is 14.2 Å². The molecule has 4 N–H and O–H groups in total. The van der Waals surface area contributed by atoms with Gasteiger partial charge in [-0.1, -0.05) is 78.9 Å². The van der Waals surface area contributed by atoms with Gasteiger partial charge in [0.25, 0.3) is 5.91 Å². The van der Waals surface area contributed by atoms with Crippen LogP contribution in [0.15, 0.2) is 103 Å². The van der Waals surface area contributed by atoms with E-state index in [0.717, 1.165) is 75.9 Å². The summed E-state index contributed by atoms with van der Waals surface area (Å²) in [5, 5.41) is 7.36. The van der Waals surface area contributed by atoms with E-state index >= 15 is 0 Å². The van der Waals surface area contributed by atoms with E-state index in [-0.39, 0.29) is 30.4 Å². The van der Waals surface area contributed by atoms with E-state index in [1.807, 2.05) is 36.5 Å². The van der Waals surface area contributed by atoms with Gasteiger partial charge in [-0.15, -0.1) is 0 Å². The average molecular weight is 781 g/mol. The van der Waals surface area contributed by atoms with Crippen LogP contribution in [0.2, 0.25) is 0 Å². The first-order valence-electron chi connectivity index (χ1n) is 19.4. The predicted molar refractivity (Wildman–Crippen MR) is 217 cm³/mol. The van der Waals surface area contributed by atoms with Crippen molar-refractivity contribution in [2.75, 3.05) is 33.9 Å². The highest BCUT2D eigenvalue weighted by Gasteiger charge is 2.37. The second-order valence-electron chi connectivity index (χ2n) is 14.5. The van der Waals surface area contributed by atoms with Crippen LogP contribution in [-0.4, -0.2) is 87.6 Å². The van der Waals surface area contributed by atoms with Gasteiger partial charge in [-0.3, -0.25) is 9.59 Å². The summed E-state index contributed by atoms with van der Waals surface area (Å²) in [5.74, 6) is 1.04. The number of fused-ring (bicyclic) bond motifs is 1. The fraction of sp³-hybridized carbons (Fsp3) is 0.273. The van der Waals surface area contributed by atoms with Crippen molar-refractivity contribution in [1.29, 1.82) is 0 Å². The summed E-state index contributed by atoms with van der Waals surface area (Å²) in [6.45, 7) is 1.03. The first kappa shape index (κ1) is 37.9. The maximum absolute atomic E-state index is 13.9. The molecule has 4 amide bonds. The van der Waals surface area contributed by atoms with E-state index in [0.29, 0.717) is 24.5 Å². The third kappa shape index (κ3) is 7.85. The van der Waals surface area contributed by atoms with Crippen LogP contribution in [-0.2, 0) is 19.1 Å². The molecule has 2 aliphatic rings. The van der Waals surface area contributed by atoms with Gasteiger partial charge >= 0.3 is 12.2 Å². The van der Waals surface area contributed by atoms with Gasteiger partial charge < -0.3 is 39.9 Å². The first-order valence-corrected chi connectivity index (χ1v) is 19.4. The minimum Gasteiger partial charge on any atom is -0.453 e. The minimum absolute atomic E-state index is 0.125. The number of nitrogens with one attached hydrogen (secondary N) is 4. The zero-order chi connectivity index (χ0) is 40.2. The number of methoxy groups -OCH3 is 2. The third-order valence-electron chi connectivity index (χ3n) is 11.0. The number of likely N-dealkylation sites (tertiary alicyclic amines) is 2. The highest BCUT2D eigenvalue weighted by atomic mass is 16.5. The molecule has 58 heavy (non-hydrogen) atoms. The summed E-state index contributed by atoms with van der Waals surface area (Å²) in [5.41, 5.74) is 6.52. The lowest BCUT2D eigenvalue weighted by atomic mass is 9.98. The van der Waals surface area contributed by atoms with Crippen LogP contribution in [0.1, 0.15) is 61.0 Å². The number of H-pyrrole nitrogens is 2. The number of aromatic nitrogens is 4. The van der Waals surface area contributed by atoms with Crippen molar-refractivity contribution in [3.05, 3.63) is 121 Å². The van der Waals surface area contributed by atoms with Gasteiger partial charge in [0.05, 0.1) is 50.1 Å². The van der Waals surface area contributed by atoms with Gasteiger partial charge in [0.1, 0.15) is 24.2 Å². The third-order valence-corrected chi connectivity index (χ3v) is 11.0. The summed E-state index contributed by atoms with van der Waals surface area (Å²) < 4.78 is 9.42. The highest BCUT2D eigenvalue weighted by molar-refractivity contribution is 5.91. The number of imidazole rings is 2. The normalized spacial score (nSPS) is 16.9. The van der Waals surface area contributed by atoms with Crippen LogP contribution in [0.5, 0.6) is 0 Å². The van der Waals surface area contributed by atoms with E-state index < -0.39 is 18.2 Å². The van der Waals surface area contributed by atoms with Crippen molar-refractivity contribution in [2.24, 2.45) is 0 Å². The standard InChI is InChI=1S/C44H44N8O6/c1-57-43(55)47-26-38(53)51-20-6-10-36(51)40-45-24-34(48-40)28-14-12-27(13-15-28)30-16-17-32-23-33(19-18-31(32)22-30)35-25-46-41(49-35)37-11-7-21-52(37)42(54)39(50-44(56)58-2)29-8-4-3-5-9-29/h3-5,8-9,12-19,22-25,36-37,39H,6-7,10-11,20-21,26H2,1-2H3,(H,45,48)(H,46,49)(H,47,55)(H,50,56)/t36-,37-,39+/m0/s1. The topological polar surface area (TPSA) is 175 Å². The molecule has 0 unspecified atom stereocenters. The summed E-state index contributed by atoms with van der Waals surface area (Å²) in [4.78, 5) is 70.2. The fourth-order valence-corrected chi connectivity index (χ4v) is 8.00. The Bertz CT molecular complexity index is 2450. The van der Waals surface area contributed by atoms with Crippen molar-refractivity contribution < 1.29 is 28.7 Å². The summed E-state index contributed by atoms with van der Waals surface area (Å²) in [7, 11) is 2.55. The molecule has 2 aromatic heterocycles. The first-order chi connectivity index (χ1) is 28.3. The molecule has 4 aromatic carbocycles. The molecule has 0 saturated carbocycles. The number of carbonyl (C=O) groups is 4.